The Hall–Kier alpha value is -1.22. The molecule has 1 aliphatic heterocycles. The zero-order valence-electron chi connectivity index (χ0n) is 14.3. The lowest BCUT2D eigenvalue weighted by atomic mass is 9.87. The molecule has 1 heterocycles. The van der Waals surface area contributed by atoms with Gasteiger partial charge in [0.15, 0.2) is 0 Å². The first kappa shape index (κ1) is 16.2. The summed E-state index contributed by atoms with van der Waals surface area (Å²) in [6.45, 7) is 9.10. The van der Waals surface area contributed by atoms with E-state index in [-0.39, 0.29) is 5.54 Å². The molecule has 1 fully saturated rings. The predicted octanol–water partition coefficient (Wildman–Crippen LogP) is 3.50. The summed E-state index contributed by atoms with van der Waals surface area (Å²) in [5, 5.41) is 3.81. The fourth-order valence-corrected chi connectivity index (χ4v) is 3.29. The maximum Gasteiger partial charge on any atom is 0.0412 e. The predicted molar refractivity (Wildman–Crippen MR) is 93.5 cm³/mol. The molecule has 0 aromatic heterocycles. The van der Waals surface area contributed by atoms with E-state index in [2.05, 4.69) is 74.2 Å². The Morgan fingerprint density at radius 1 is 1.14 bits per heavy atom. The SMILES string of the molecule is CCC1CNC(CC)(CC)CN1c1ccc(N(C)C)cc1. The minimum absolute atomic E-state index is 0.270. The van der Waals surface area contributed by atoms with Crippen molar-refractivity contribution in [3.63, 3.8) is 0 Å². The maximum absolute atomic E-state index is 3.81. The highest BCUT2D eigenvalue weighted by Crippen LogP contribution is 2.29. The molecule has 1 atom stereocenters. The minimum Gasteiger partial charge on any atom is -0.378 e. The van der Waals surface area contributed by atoms with Gasteiger partial charge >= 0.3 is 0 Å². The number of nitrogens with zero attached hydrogens (tertiary/aromatic N) is 2. The fraction of sp³-hybridized carbons (Fsp3) is 0.667. The van der Waals surface area contributed by atoms with E-state index in [0.717, 1.165) is 13.1 Å². The molecule has 0 radical (unpaired) electrons. The number of rotatable bonds is 5. The van der Waals surface area contributed by atoms with Crippen LogP contribution in [0.25, 0.3) is 0 Å². The first-order chi connectivity index (χ1) is 10.0. The van der Waals surface area contributed by atoms with Crippen LogP contribution in [0.3, 0.4) is 0 Å². The van der Waals surface area contributed by atoms with Gasteiger partial charge in [0, 0.05) is 50.1 Å². The lowest BCUT2D eigenvalue weighted by Crippen LogP contribution is -2.64. The molecule has 1 saturated heterocycles. The van der Waals surface area contributed by atoms with Gasteiger partial charge in [-0.25, -0.2) is 0 Å². The van der Waals surface area contributed by atoms with Gasteiger partial charge in [0.1, 0.15) is 0 Å². The molecule has 2 rings (SSSR count). The molecule has 3 heteroatoms. The van der Waals surface area contributed by atoms with E-state index in [9.17, 15) is 0 Å². The van der Waals surface area contributed by atoms with E-state index < -0.39 is 0 Å². The van der Waals surface area contributed by atoms with Crippen molar-refractivity contribution in [1.82, 2.24) is 5.32 Å². The Bertz CT molecular complexity index is 434. The van der Waals surface area contributed by atoms with Crippen LogP contribution < -0.4 is 15.1 Å². The van der Waals surface area contributed by atoms with Gasteiger partial charge in [-0.3, -0.25) is 0 Å². The van der Waals surface area contributed by atoms with E-state index in [1.807, 2.05) is 0 Å². The van der Waals surface area contributed by atoms with E-state index in [0.29, 0.717) is 6.04 Å². The summed E-state index contributed by atoms with van der Waals surface area (Å²) in [6.07, 6.45) is 3.56. The zero-order chi connectivity index (χ0) is 15.5. The van der Waals surface area contributed by atoms with E-state index in [4.69, 9.17) is 0 Å². The van der Waals surface area contributed by atoms with E-state index >= 15 is 0 Å². The van der Waals surface area contributed by atoms with Crippen molar-refractivity contribution < 1.29 is 0 Å². The van der Waals surface area contributed by atoms with E-state index in [1.165, 1.54) is 30.6 Å². The van der Waals surface area contributed by atoms with Crippen molar-refractivity contribution in [3.8, 4) is 0 Å². The van der Waals surface area contributed by atoms with Gasteiger partial charge in [-0.2, -0.15) is 0 Å². The quantitative estimate of drug-likeness (QED) is 0.895. The first-order valence-corrected chi connectivity index (χ1v) is 8.34. The largest absolute Gasteiger partial charge is 0.378 e. The van der Waals surface area contributed by atoms with Crippen LogP contribution in [0.15, 0.2) is 24.3 Å². The summed E-state index contributed by atoms with van der Waals surface area (Å²) in [5.74, 6) is 0. The molecule has 0 bridgehead atoms. The normalized spacial score (nSPS) is 21.4. The molecule has 118 valence electrons. The van der Waals surface area contributed by atoms with Crippen LogP contribution in [0.1, 0.15) is 40.0 Å². The Kier molecular flexibility index (Phi) is 5.15. The highest BCUT2D eigenvalue weighted by Gasteiger charge is 2.36. The number of hydrogen-bond acceptors (Lipinski definition) is 3. The number of nitrogens with one attached hydrogen (secondary N) is 1. The maximum atomic E-state index is 3.81. The van der Waals surface area contributed by atoms with Gasteiger partial charge in [0.25, 0.3) is 0 Å². The molecule has 1 aromatic carbocycles. The number of hydrogen-bond donors (Lipinski definition) is 1. The van der Waals surface area contributed by atoms with Crippen LogP contribution in [0.5, 0.6) is 0 Å². The van der Waals surface area contributed by atoms with E-state index in [1.54, 1.807) is 0 Å². The summed E-state index contributed by atoms with van der Waals surface area (Å²) >= 11 is 0. The highest BCUT2D eigenvalue weighted by molar-refractivity contribution is 5.57. The third kappa shape index (κ3) is 3.34. The molecule has 0 aliphatic carbocycles. The standard InChI is InChI=1S/C18H31N3/c1-6-15-13-19-18(7-2,8-3)14-21(15)17-11-9-16(10-12-17)20(4)5/h9-12,15,19H,6-8,13-14H2,1-5H3. The van der Waals surface area contributed by atoms with Crippen molar-refractivity contribution in [2.75, 3.05) is 37.0 Å². The number of benzene rings is 1. The van der Waals surface area contributed by atoms with Crippen molar-refractivity contribution in [2.45, 2.75) is 51.6 Å². The van der Waals surface area contributed by atoms with Crippen LogP contribution in [0, 0.1) is 0 Å². The monoisotopic (exact) mass is 289 g/mol. The van der Waals surface area contributed by atoms with Crippen LogP contribution in [0.4, 0.5) is 11.4 Å². The molecular weight excluding hydrogens is 258 g/mol. The summed E-state index contributed by atoms with van der Waals surface area (Å²) in [7, 11) is 4.18. The fourth-order valence-electron chi connectivity index (χ4n) is 3.29. The molecule has 0 saturated carbocycles. The van der Waals surface area contributed by atoms with Gasteiger partial charge in [0.05, 0.1) is 0 Å². The molecule has 0 spiro atoms. The lowest BCUT2D eigenvalue weighted by molar-refractivity contribution is 0.246. The second kappa shape index (κ2) is 6.69. The summed E-state index contributed by atoms with van der Waals surface area (Å²) in [6, 6.07) is 9.60. The van der Waals surface area contributed by atoms with Crippen molar-refractivity contribution in [3.05, 3.63) is 24.3 Å². The van der Waals surface area contributed by atoms with Crippen LogP contribution in [-0.4, -0.2) is 38.8 Å². The number of anilines is 2. The van der Waals surface area contributed by atoms with Gasteiger partial charge in [-0.1, -0.05) is 20.8 Å². The third-order valence-electron chi connectivity index (χ3n) is 5.15. The summed E-state index contributed by atoms with van der Waals surface area (Å²) in [5.41, 5.74) is 2.89. The summed E-state index contributed by atoms with van der Waals surface area (Å²) in [4.78, 5) is 4.77. The van der Waals surface area contributed by atoms with Crippen molar-refractivity contribution in [1.29, 1.82) is 0 Å². The Morgan fingerprint density at radius 3 is 2.24 bits per heavy atom. The first-order valence-electron chi connectivity index (χ1n) is 8.34. The average molecular weight is 289 g/mol. The van der Waals surface area contributed by atoms with Crippen molar-refractivity contribution in [2.24, 2.45) is 0 Å². The molecule has 0 amide bonds. The van der Waals surface area contributed by atoms with Crippen LogP contribution in [0.2, 0.25) is 0 Å². The Labute approximate surface area is 130 Å². The Balaban J connectivity index is 2.24. The average Bonchev–Trinajstić information content (AvgIpc) is 2.54. The Morgan fingerprint density at radius 2 is 1.76 bits per heavy atom. The van der Waals surface area contributed by atoms with Gasteiger partial charge in [-0.05, 0) is 43.5 Å². The minimum atomic E-state index is 0.270. The highest BCUT2D eigenvalue weighted by atomic mass is 15.3. The third-order valence-corrected chi connectivity index (χ3v) is 5.15. The van der Waals surface area contributed by atoms with Gasteiger partial charge in [-0.15, -0.1) is 0 Å². The number of piperazine rings is 1. The molecule has 3 nitrogen and oxygen atoms in total. The topological polar surface area (TPSA) is 18.5 Å². The van der Waals surface area contributed by atoms with Gasteiger partial charge < -0.3 is 15.1 Å². The second-order valence-electron chi connectivity index (χ2n) is 6.47. The molecule has 1 aliphatic rings. The molecular formula is C18H31N3. The molecule has 1 unspecified atom stereocenters. The van der Waals surface area contributed by atoms with Crippen molar-refractivity contribution >= 4 is 11.4 Å². The van der Waals surface area contributed by atoms with Crippen LogP contribution in [-0.2, 0) is 0 Å². The smallest absolute Gasteiger partial charge is 0.0412 e. The zero-order valence-corrected chi connectivity index (χ0v) is 14.3. The molecule has 21 heavy (non-hydrogen) atoms. The summed E-state index contributed by atoms with van der Waals surface area (Å²) < 4.78 is 0. The lowest BCUT2D eigenvalue weighted by Gasteiger charge is -2.48. The van der Waals surface area contributed by atoms with Crippen LogP contribution >= 0.6 is 0 Å². The molecule has 1 aromatic rings. The molecule has 1 N–H and O–H groups in total. The van der Waals surface area contributed by atoms with Gasteiger partial charge in [0.2, 0.25) is 0 Å². The second-order valence-corrected chi connectivity index (χ2v) is 6.47.